The van der Waals surface area contributed by atoms with Crippen LogP contribution in [-0.4, -0.2) is 44.5 Å². The number of nitrogens with one attached hydrogen (secondary N) is 2. The zero-order valence-corrected chi connectivity index (χ0v) is 11.8. The first-order chi connectivity index (χ1) is 10.1. The molecule has 4 N–H and O–H groups in total. The minimum atomic E-state index is -0.355. The van der Waals surface area contributed by atoms with E-state index in [-0.39, 0.29) is 36.3 Å². The Labute approximate surface area is 122 Å². The molecule has 114 valence electrons. The number of carbonyl (C=O) groups excluding carboxylic acids is 2. The number of carbonyl (C=O) groups is 2. The quantitative estimate of drug-likeness (QED) is 0.710. The SMILES string of the molecule is Nc1n[nH]c(CNC(=O)[C@@H]2CCCCN2C(=O)C2CC2)n1. The van der Waals surface area contributed by atoms with Gasteiger partial charge in [-0.1, -0.05) is 0 Å². The number of aromatic amines is 1. The van der Waals surface area contributed by atoms with Gasteiger partial charge in [0.25, 0.3) is 0 Å². The van der Waals surface area contributed by atoms with Crippen molar-refractivity contribution in [2.24, 2.45) is 5.92 Å². The Morgan fingerprint density at radius 3 is 2.81 bits per heavy atom. The maximum Gasteiger partial charge on any atom is 0.243 e. The van der Waals surface area contributed by atoms with Gasteiger partial charge in [-0.2, -0.15) is 4.98 Å². The molecule has 0 bridgehead atoms. The molecule has 1 saturated heterocycles. The number of rotatable bonds is 4. The molecule has 2 heterocycles. The number of piperidine rings is 1. The summed E-state index contributed by atoms with van der Waals surface area (Å²) in [6.07, 6.45) is 4.59. The van der Waals surface area contributed by atoms with Crippen LogP contribution >= 0.6 is 0 Å². The van der Waals surface area contributed by atoms with Crippen molar-refractivity contribution in [3.8, 4) is 0 Å². The van der Waals surface area contributed by atoms with Crippen LogP contribution < -0.4 is 11.1 Å². The first kappa shape index (κ1) is 13.8. The van der Waals surface area contributed by atoms with Crippen molar-refractivity contribution < 1.29 is 9.59 Å². The molecule has 0 aromatic carbocycles. The van der Waals surface area contributed by atoms with Crippen molar-refractivity contribution in [1.82, 2.24) is 25.4 Å². The van der Waals surface area contributed by atoms with E-state index in [1.54, 1.807) is 4.90 Å². The zero-order valence-electron chi connectivity index (χ0n) is 11.8. The predicted molar refractivity (Wildman–Crippen MR) is 74.7 cm³/mol. The summed E-state index contributed by atoms with van der Waals surface area (Å²) in [4.78, 5) is 30.3. The fraction of sp³-hybridized carbons (Fsp3) is 0.692. The lowest BCUT2D eigenvalue weighted by Crippen LogP contribution is -2.52. The summed E-state index contributed by atoms with van der Waals surface area (Å²) in [5, 5.41) is 9.16. The molecule has 2 amide bonds. The topological polar surface area (TPSA) is 117 Å². The number of aromatic nitrogens is 3. The van der Waals surface area contributed by atoms with Crippen LogP contribution in [0.25, 0.3) is 0 Å². The Bertz CT molecular complexity index is 539. The third kappa shape index (κ3) is 3.14. The molecule has 1 atom stereocenters. The summed E-state index contributed by atoms with van der Waals surface area (Å²) in [6.45, 7) is 0.924. The number of amides is 2. The molecule has 0 spiro atoms. The van der Waals surface area contributed by atoms with E-state index in [9.17, 15) is 9.59 Å². The molecule has 0 radical (unpaired) electrons. The van der Waals surface area contributed by atoms with Crippen LogP contribution in [0.4, 0.5) is 5.95 Å². The smallest absolute Gasteiger partial charge is 0.243 e. The van der Waals surface area contributed by atoms with Crippen LogP contribution in [0, 0.1) is 5.92 Å². The Hall–Kier alpha value is -2.12. The number of H-pyrrole nitrogens is 1. The molecule has 1 aromatic rings. The van der Waals surface area contributed by atoms with Gasteiger partial charge in [-0.15, -0.1) is 5.10 Å². The molecular formula is C13H20N6O2. The lowest BCUT2D eigenvalue weighted by molar-refractivity contribution is -0.143. The predicted octanol–water partition coefficient (Wildman–Crippen LogP) is -0.206. The fourth-order valence-corrected chi connectivity index (χ4v) is 2.71. The van der Waals surface area contributed by atoms with Crippen LogP contribution in [-0.2, 0) is 16.1 Å². The fourth-order valence-electron chi connectivity index (χ4n) is 2.71. The summed E-state index contributed by atoms with van der Waals surface area (Å²) in [5.74, 6) is 0.823. The van der Waals surface area contributed by atoms with Crippen LogP contribution in [0.2, 0.25) is 0 Å². The normalized spacial score (nSPS) is 22.1. The minimum absolute atomic E-state index is 0.126. The van der Waals surface area contributed by atoms with Crippen LogP contribution in [0.15, 0.2) is 0 Å². The van der Waals surface area contributed by atoms with Crippen molar-refractivity contribution in [2.75, 3.05) is 12.3 Å². The number of likely N-dealkylation sites (tertiary alicyclic amines) is 1. The van der Waals surface area contributed by atoms with Crippen molar-refractivity contribution in [1.29, 1.82) is 0 Å². The van der Waals surface area contributed by atoms with Crippen molar-refractivity contribution in [3.63, 3.8) is 0 Å². The number of nitrogen functional groups attached to an aromatic ring is 1. The van der Waals surface area contributed by atoms with Crippen LogP contribution in [0.1, 0.15) is 37.9 Å². The standard InChI is InChI=1S/C13H20N6O2/c14-13-16-10(17-18-13)7-15-11(20)9-3-1-2-6-19(9)12(21)8-4-5-8/h8-9H,1-7H2,(H,15,20)(H3,14,16,17,18)/t9-/m0/s1. The minimum Gasteiger partial charge on any atom is -0.367 e. The van der Waals surface area contributed by atoms with E-state index in [4.69, 9.17) is 5.73 Å². The molecule has 1 aliphatic carbocycles. The molecule has 2 aliphatic rings. The molecule has 8 heteroatoms. The highest BCUT2D eigenvalue weighted by Crippen LogP contribution is 2.33. The highest BCUT2D eigenvalue weighted by Gasteiger charge is 2.39. The van der Waals surface area contributed by atoms with Crippen LogP contribution in [0.3, 0.4) is 0 Å². The summed E-state index contributed by atoms with van der Waals surface area (Å²) in [6, 6.07) is -0.355. The van der Waals surface area contributed by atoms with Gasteiger partial charge < -0.3 is 16.0 Å². The molecule has 2 fully saturated rings. The van der Waals surface area contributed by atoms with E-state index < -0.39 is 0 Å². The molecule has 8 nitrogen and oxygen atoms in total. The third-order valence-corrected chi connectivity index (χ3v) is 3.99. The Morgan fingerprint density at radius 2 is 2.14 bits per heavy atom. The molecule has 1 saturated carbocycles. The van der Waals surface area contributed by atoms with Crippen LogP contribution in [0.5, 0.6) is 0 Å². The van der Waals surface area contributed by atoms with Gasteiger partial charge in [0, 0.05) is 12.5 Å². The number of hydrogen-bond acceptors (Lipinski definition) is 5. The molecule has 3 rings (SSSR count). The Morgan fingerprint density at radius 1 is 1.33 bits per heavy atom. The van der Waals surface area contributed by atoms with Crippen molar-refractivity contribution in [2.45, 2.75) is 44.7 Å². The third-order valence-electron chi connectivity index (χ3n) is 3.99. The summed E-state index contributed by atoms with van der Waals surface area (Å²) < 4.78 is 0. The first-order valence-corrected chi connectivity index (χ1v) is 7.40. The second kappa shape index (κ2) is 5.71. The average molecular weight is 292 g/mol. The second-order valence-electron chi connectivity index (χ2n) is 5.68. The Kier molecular flexibility index (Phi) is 3.76. The van der Waals surface area contributed by atoms with Gasteiger partial charge in [0.15, 0.2) is 0 Å². The average Bonchev–Trinajstić information content (AvgIpc) is 3.27. The van der Waals surface area contributed by atoms with Gasteiger partial charge in [-0.3, -0.25) is 14.7 Å². The van der Waals surface area contributed by atoms with Gasteiger partial charge in [0.2, 0.25) is 17.8 Å². The van der Waals surface area contributed by atoms with E-state index in [0.717, 1.165) is 32.1 Å². The number of anilines is 1. The maximum absolute atomic E-state index is 12.3. The number of nitrogens with two attached hydrogens (primary N) is 1. The summed E-state index contributed by atoms with van der Waals surface area (Å²) in [5.41, 5.74) is 5.41. The maximum atomic E-state index is 12.3. The van der Waals surface area contributed by atoms with Gasteiger partial charge in [-0.05, 0) is 32.1 Å². The van der Waals surface area contributed by atoms with E-state index in [1.165, 1.54) is 0 Å². The lowest BCUT2D eigenvalue weighted by atomic mass is 10.0. The first-order valence-electron chi connectivity index (χ1n) is 7.40. The lowest BCUT2D eigenvalue weighted by Gasteiger charge is -2.34. The highest BCUT2D eigenvalue weighted by molar-refractivity contribution is 5.89. The summed E-state index contributed by atoms with van der Waals surface area (Å²) >= 11 is 0. The van der Waals surface area contributed by atoms with E-state index in [0.29, 0.717) is 12.4 Å². The van der Waals surface area contributed by atoms with Crippen molar-refractivity contribution >= 4 is 17.8 Å². The molecule has 21 heavy (non-hydrogen) atoms. The number of hydrogen-bond donors (Lipinski definition) is 3. The molecule has 0 unspecified atom stereocenters. The van der Waals surface area contributed by atoms with Gasteiger partial charge in [0.05, 0.1) is 6.54 Å². The monoisotopic (exact) mass is 292 g/mol. The Balaban J connectivity index is 1.59. The molecular weight excluding hydrogens is 272 g/mol. The van der Waals surface area contributed by atoms with E-state index >= 15 is 0 Å². The molecule has 1 aromatic heterocycles. The largest absolute Gasteiger partial charge is 0.367 e. The second-order valence-corrected chi connectivity index (χ2v) is 5.68. The van der Waals surface area contributed by atoms with Gasteiger partial charge >= 0.3 is 0 Å². The summed E-state index contributed by atoms with van der Waals surface area (Å²) in [7, 11) is 0. The highest BCUT2D eigenvalue weighted by atomic mass is 16.2. The number of nitrogens with zero attached hydrogens (tertiary/aromatic N) is 3. The van der Waals surface area contributed by atoms with Gasteiger partial charge in [0.1, 0.15) is 11.9 Å². The zero-order chi connectivity index (χ0) is 14.8. The molecule has 1 aliphatic heterocycles. The van der Waals surface area contributed by atoms with Gasteiger partial charge in [-0.25, -0.2) is 0 Å². The van der Waals surface area contributed by atoms with E-state index in [1.807, 2.05) is 0 Å². The van der Waals surface area contributed by atoms with E-state index in [2.05, 4.69) is 20.5 Å². The van der Waals surface area contributed by atoms with Crippen molar-refractivity contribution in [3.05, 3.63) is 5.82 Å².